The highest BCUT2D eigenvalue weighted by Crippen LogP contribution is 2.25. The van der Waals surface area contributed by atoms with E-state index in [9.17, 15) is 13.9 Å². The molecule has 0 saturated carbocycles. The fraction of sp³-hybridized carbons (Fsp3) is 0.400. The maximum atomic E-state index is 13.6. The molecular formula is C15H19F2N3OS. The molecule has 0 spiro atoms. The van der Waals surface area contributed by atoms with Crippen molar-refractivity contribution in [1.82, 2.24) is 10.3 Å². The summed E-state index contributed by atoms with van der Waals surface area (Å²) in [7, 11) is 3.83. The van der Waals surface area contributed by atoms with Crippen LogP contribution in [0.5, 0.6) is 0 Å². The molecule has 22 heavy (non-hydrogen) atoms. The molecule has 120 valence electrons. The predicted octanol–water partition coefficient (Wildman–Crippen LogP) is 2.62. The second-order valence-electron chi connectivity index (χ2n) is 5.18. The van der Waals surface area contributed by atoms with E-state index in [4.69, 9.17) is 0 Å². The molecule has 4 nitrogen and oxygen atoms in total. The Bertz CT molecular complexity index is 625. The molecule has 1 unspecified atom stereocenters. The van der Waals surface area contributed by atoms with Gasteiger partial charge in [0.2, 0.25) is 0 Å². The van der Waals surface area contributed by atoms with Crippen LogP contribution in [0.1, 0.15) is 22.2 Å². The Labute approximate surface area is 132 Å². The number of nitrogens with one attached hydrogen (secondary N) is 1. The minimum absolute atomic E-state index is 0.0620. The molecule has 0 aliphatic heterocycles. The van der Waals surface area contributed by atoms with Crippen LogP contribution in [0.2, 0.25) is 0 Å². The summed E-state index contributed by atoms with van der Waals surface area (Å²) in [5.41, 5.74) is 0.609. The van der Waals surface area contributed by atoms with Crippen molar-refractivity contribution in [1.29, 1.82) is 0 Å². The molecule has 1 aromatic heterocycles. The van der Waals surface area contributed by atoms with E-state index in [1.807, 2.05) is 25.9 Å². The van der Waals surface area contributed by atoms with Crippen LogP contribution in [0.15, 0.2) is 18.2 Å². The van der Waals surface area contributed by atoms with Gasteiger partial charge >= 0.3 is 0 Å². The van der Waals surface area contributed by atoms with Gasteiger partial charge in [-0.3, -0.25) is 0 Å². The highest BCUT2D eigenvalue weighted by Gasteiger charge is 2.17. The molecule has 0 radical (unpaired) electrons. The van der Waals surface area contributed by atoms with Gasteiger partial charge in [0.15, 0.2) is 5.13 Å². The number of aliphatic hydroxyl groups is 1. The lowest BCUT2D eigenvalue weighted by Gasteiger charge is -2.13. The van der Waals surface area contributed by atoms with E-state index < -0.39 is 17.7 Å². The SMILES string of the molecule is Cc1nc(N(C)C)sc1CNCC(O)c1c(F)cccc1F. The lowest BCUT2D eigenvalue weighted by Crippen LogP contribution is -2.22. The number of aromatic nitrogens is 1. The zero-order chi connectivity index (χ0) is 16.3. The van der Waals surface area contributed by atoms with Crippen LogP contribution in [0.25, 0.3) is 0 Å². The first-order valence-corrected chi connectivity index (χ1v) is 7.68. The minimum Gasteiger partial charge on any atom is -0.387 e. The summed E-state index contributed by atoms with van der Waals surface area (Å²) in [6.07, 6.45) is -1.23. The van der Waals surface area contributed by atoms with Crippen LogP contribution < -0.4 is 10.2 Å². The quantitative estimate of drug-likeness (QED) is 0.856. The third kappa shape index (κ3) is 3.79. The van der Waals surface area contributed by atoms with Crippen molar-refractivity contribution in [2.75, 3.05) is 25.5 Å². The van der Waals surface area contributed by atoms with Crippen LogP contribution in [-0.2, 0) is 6.54 Å². The number of benzene rings is 1. The average Bonchev–Trinajstić information content (AvgIpc) is 2.80. The van der Waals surface area contributed by atoms with Crippen LogP contribution >= 0.6 is 11.3 Å². The Morgan fingerprint density at radius 3 is 2.50 bits per heavy atom. The van der Waals surface area contributed by atoms with Crippen molar-refractivity contribution in [3.05, 3.63) is 46.0 Å². The van der Waals surface area contributed by atoms with E-state index >= 15 is 0 Å². The Morgan fingerprint density at radius 1 is 1.32 bits per heavy atom. The standard InChI is InChI=1S/C15H19F2N3OS/c1-9-13(22-15(19-9)20(2)3)8-18-7-12(21)14-10(16)5-4-6-11(14)17/h4-6,12,18,21H,7-8H2,1-3H3. The highest BCUT2D eigenvalue weighted by atomic mass is 32.1. The smallest absolute Gasteiger partial charge is 0.185 e. The summed E-state index contributed by atoms with van der Waals surface area (Å²) in [5, 5.41) is 13.9. The first kappa shape index (κ1) is 16.8. The largest absolute Gasteiger partial charge is 0.387 e. The minimum atomic E-state index is -1.23. The summed E-state index contributed by atoms with van der Waals surface area (Å²) < 4.78 is 27.1. The third-order valence-corrected chi connectivity index (χ3v) is 4.55. The third-order valence-electron chi connectivity index (χ3n) is 3.22. The number of aryl methyl sites for hydroxylation is 1. The summed E-state index contributed by atoms with van der Waals surface area (Å²) in [6.45, 7) is 2.46. The Kier molecular flexibility index (Phi) is 5.44. The summed E-state index contributed by atoms with van der Waals surface area (Å²) in [6, 6.07) is 3.55. The summed E-state index contributed by atoms with van der Waals surface area (Å²) in [4.78, 5) is 7.37. The molecule has 2 N–H and O–H groups in total. The number of anilines is 1. The van der Waals surface area contributed by atoms with Gasteiger partial charge in [-0.1, -0.05) is 6.07 Å². The fourth-order valence-electron chi connectivity index (χ4n) is 2.02. The maximum absolute atomic E-state index is 13.6. The van der Waals surface area contributed by atoms with Crippen molar-refractivity contribution in [2.24, 2.45) is 0 Å². The first-order valence-electron chi connectivity index (χ1n) is 6.86. The molecule has 1 atom stereocenters. The number of nitrogens with zero attached hydrogens (tertiary/aromatic N) is 2. The number of rotatable bonds is 6. The lowest BCUT2D eigenvalue weighted by molar-refractivity contribution is 0.164. The molecule has 1 heterocycles. The molecule has 0 aliphatic carbocycles. The van der Waals surface area contributed by atoms with Gasteiger partial charge in [-0.25, -0.2) is 13.8 Å². The van der Waals surface area contributed by atoms with E-state index in [0.29, 0.717) is 6.54 Å². The van der Waals surface area contributed by atoms with Gasteiger partial charge in [0, 0.05) is 32.1 Å². The van der Waals surface area contributed by atoms with Crippen LogP contribution in [0.3, 0.4) is 0 Å². The van der Waals surface area contributed by atoms with Crippen LogP contribution in [0, 0.1) is 18.6 Å². The van der Waals surface area contributed by atoms with Gasteiger partial charge in [0.1, 0.15) is 11.6 Å². The highest BCUT2D eigenvalue weighted by molar-refractivity contribution is 7.15. The normalized spacial score (nSPS) is 12.5. The number of hydrogen-bond donors (Lipinski definition) is 2. The molecular weight excluding hydrogens is 308 g/mol. The molecule has 7 heteroatoms. The van der Waals surface area contributed by atoms with Crippen LogP contribution in [-0.4, -0.2) is 30.7 Å². The van der Waals surface area contributed by atoms with Gasteiger partial charge in [-0.05, 0) is 19.1 Å². The molecule has 0 aliphatic rings. The molecule has 0 bridgehead atoms. The summed E-state index contributed by atoms with van der Waals surface area (Å²) >= 11 is 1.54. The van der Waals surface area contributed by atoms with Gasteiger partial charge in [0.05, 0.1) is 17.4 Å². The zero-order valence-corrected chi connectivity index (χ0v) is 13.5. The molecule has 0 amide bonds. The molecule has 0 fully saturated rings. The second-order valence-corrected chi connectivity index (χ2v) is 6.24. The van der Waals surface area contributed by atoms with Crippen molar-refractivity contribution in [2.45, 2.75) is 19.6 Å². The average molecular weight is 327 g/mol. The first-order chi connectivity index (χ1) is 10.4. The Morgan fingerprint density at radius 2 is 1.95 bits per heavy atom. The molecule has 1 aromatic carbocycles. The monoisotopic (exact) mass is 327 g/mol. The van der Waals surface area contributed by atoms with E-state index in [2.05, 4.69) is 10.3 Å². The van der Waals surface area contributed by atoms with Crippen molar-refractivity contribution >= 4 is 16.5 Å². The maximum Gasteiger partial charge on any atom is 0.185 e. The van der Waals surface area contributed by atoms with Gasteiger partial charge < -0.3 is 15.3 Å². The number of hydrogen-bond acceptors (Lipinski definition) is 5. The van der Waals surface area contributed by atoms with Crippen molar-refractivity contribution in [3.63, 3.8) is 0 Å². The zero-order valence-electron chi connectivity index (χ0n) is 12.7. The van der Waals surface area contributed by atoms with Gasteiger partial charge in [-0.2, -0.15) is 0 Å². The van der Waals surface area contributed by atoms with Crippen LogP contribution in [0.4, 0.5) is 13.9 Å². The number of thiazole rings is 1. The van der Waals surface area contributed by atoms with Crippen molar-refractivity contribution in [3.8, 4) is 0 Å². The van der Waals surface area contributed by atoms with E-state index in [0.717, 1.165) is 27.8 Å². The predicted molar refractivity (Wildman–Crippen MR) is 84.2 cm³/mol. The molecule has 0 saturated heterocycles. The topological polar surface area (TPSA) is 48.4 Å². The number of aliphatic hydroxyl groups excluding tert-OH is 1. The van der Waals surface area contributed by atoms with Gasteiger partial charge in [0.25, 0.3) is 0 Å². The van der Waals surface area contributed by atoms with Crippen molar-refractivity contribution < 1.29 is 13.9 Å². The van der Waals surface area contributed by atoms with E-state index in [-0.39, 0.29) is 12.1 Å². The molecule has 2 rings (SSSR count). The Hall–Kier alpha value is -1.57. The van der Waals surface area contributed by atoms with E-state index in [1.165, 1.54) is 6.07 Å². The second kappa shape index (κ2) is 7.13. The fourth-order valence-corrected chi connectivity index (χ4v) is 2.97. The molecule has 2 aromatic rings. The van der Waals surface area contributed by atoms with Gasteiger partial charge in [-0.15, -0.1) is 11.3 Å². The number of halogens is 2. The summed E-state index contributed by atoms with van der Waals surface area (Å²) in [5.74, 6) is -1.48. The Balaban J connectivity index is 1.96. The lowest BCUT2D eigenvalue weighted by atomic mass is 10.1. The van der Waals surface area contributed by atoms with E-state index in [1.54, 1.807) is 11.3 Å².